The Kier molecular flexibility index (Phi) is 3.59. The molecule has 0 aliphatic heterocycles. The summed E-state index contributed by atoms with van der Waals surface area (Å²) in [6.07, 6.45) is 3.83. The van der Waals surface area contributed by atoms with Gasteiger partial charge in [0, 0.05) is 12.3 Å². The first-order chi connectivity index (χ1) is 6.82. The Bertz CT molecular complexity index is 247. The lowest BCUT2D eigenvalue weighted by Gasteiger charge is -2.45. The quantitative estimate of drug-likeness (QED) is 0.780. The van der Waals surface area contributed by atoms with Crippen LogP contribution in [0.2, 0.25) is 0 Å². The molecule has 2 unspecified atom stereocenters. The lowest BCUT2D eigenvalue weighted by molar-refractivity contribution is -0.126. The summed E-state index contributed by atoms with van der Waals surface area (Å²) in [7, 11) is 0. The molecule has 2 nitrogen and oxygen atoms in total. The van der Waals surface area contributed by atoms with Gasteiger partial charge in [-0.2, -0.15) is 0 Å². The van der Waals surface area contributed by atoms with Crippen LogP contribution in [0.1, 0.15) is 53.4 Å². The summed E-state index contributed by atoms with van der Waals surface area (Å²) in [6.45, 7) is 9.41. The maximum Gasteiger partial charge on any atom is 0.135 e. The van der Waals surface area contributed by atoms with Crippen molar-refractivity contribution in [1.82, 2.24) is 0 Å². The third-order valence-corrected chi connectivity index (χ3v) is 3.74. The molecule has 2 heteroatoms. The first-order valence-corrected chi connectivity index (χ1v) is 6.05. The van der Waals surface area contributed by atoms with Gasteiger partial charge in [-0.15, -0.1) is 0 Å². The van der Waals surface area contributed by atoms with Crippen molar-refractivity contribution in [3.8, 4) is 0 Å². The lowest BCUT2D eigenvalue weighted by Crippen LogP contribution is -2.42. The van der Waals surface area contributed by atoms with Gasteiger partial charge in [-0.25, -0.2) is 0 Å². The zero-order chi connectivity index (χ0) is 11.7. The second kappa shape index (κ2) is 4.25. The molecule has 1 fully saturated rings. The van der Waals surface area contributed by atoms with Crippen LogP contribution >= 0.6 is 0 Å². The molecule has 0 aromatic heterocycles. The molecule has 1 saturated carbocycles. The standard InChI is InChI=1S/C13H25NO/c1-5-11(15)10-6-12(2,3)8-13(4,7-10)9-14/h10H,5-9,14H2,1-4H3. The van der Waals surface area contributed by atoms with Crippen LogP contribution in [0.3, 0.4) is 0 Å². The highest BCUT2D eigenvalue weighted by Crippen LogP contribution is 2.48. The van der Waals surface area contributed by atoms with Crippen molar-refractivity contribution in [3.05, 3.63) is 0 Å². The van der Waals surface area contributed by atoms with Gasteiger partial charge in [0.05, 0.1) is 0 Å². The SMILES string of the molecule is CCC(=O)C1CC(C)(C)CC(C)(CN)C1. The Balaban J connectivity index is 2.81. The highest BCUT2D eigenvalue weighted by molar-refractivity contribution is 5.80. The first-order valence-electron chi connectivity index (χ1n) is 6.05. The van der Waals surface area contributed by atoms with Crippen molar-refractivity contribution >= 4 is 5.78 Å². The molecule has 0 aromatic carbocycles. The van der Waals surface area contributed by atoms with Crippen LogP contribution < -0.4 is 5.73 Å². The average Bonchev–Trinajstić information content (AvgIpc) is 2.13. The minimum Gasteiger partial charge on any atom is -0.330 e. The van der Waals surface area contributed by atoms with E-state index in [0.29, 0.717) is 18.7 Å². The van der Waals surface area contributed by atoms with E-state index in [9.17, 15) is 4.79 Å². The van der Waals surface area contributed by atoms with E-state index in [0.717, 1.165) is 19.3 Å². The summed E-state index contributed by atoms with van der Waals surface area (Å²) < 4.78 is 0. The first kappa shape index (κ1) is 12.7. The normalized spacial score (nSPS) is 35.1. The molecule has 0 saturated heterocycles. The molecule has 15 heavy (non-hydrogen) atoms. The van der Waals surface area contributed by atoms with E-state index in [1.807, 2.05) is 6.92 Å². The molecule has 0 spiro atoms. The van der Waals surface area contributed by atoms with Crippen LogP contribution in [-0.4, -0.2) is 12.3 Å². The van der Waals surface area contributed by atoms with Crippen LogP contribution in [0, 0.1) is 16.7 Å². The molecule has 0 aromatic rings. The van der Waals surface area contributed by atoms with E-state index in [2.05, 4.69) is 20.8 Å². The van der Waals surface area contributed by atoms with Gasteiger partial charge in [0.2, 0.25) is 0 Å². The second-order valence-electron chi connectivity index (χ2n) is 6.28. The van der Waals surface area contributed by atoms with Crippen molar-refractivity contribution < 1.29 is 4.79 Å². The summed E-state index contributed by atoms with van der Waals surface area (Å²) in [6, 6.07) is 0. The van der Waals surface area contributed by atoms with Crippen LogP contribution in [0.5, 0.6) is 0 Å². The zero-order valence-corrected chi connectivity index (χ0v) is 10.6. The highest BCUT2D eigenvalue weighted by atomic mass is 16.1. The number of carbonyl (C=O) groups is 1. The summed E-state index contributed by atoms with van der Waals surface area (Å²) in [4.78, 5) is 11.8. The largest absolute Gasteiger partial charge is 0.330 e. The second-order valence-corrected chi connectivity index (χ2v) is 6.28. The van der Waals surface area contributed by atoms with Gasteiger partial charge >= 0.3 is 0 Å². The topological polar surface area (TPSA) is 43.1 Å². The predicted octanol–water partition coefficient (Wildman–Crippen LogP) is 2.76. The number of carbonyl (C=O) groups excluding carboxylic acids is 1. The van der Waals surface area contributed by atoms with E-state index >= 15 is 0 Å². The third-order valence-electron chi connectivity index (χ3n) is 3.74. The van der Waals surface area contributed by atoms with Crippen LogP contribution in [0.15, 0.2) is 0 Å². The fraction of sp³-hybridized carbons (Fsp3) is 0.923. The molecule has 2 N–H and O–H groups in total. The smallest absolute Gasteiger partial charge is 0.135 e. The fourth-order valence-electron chi connectivity index (χ4n) is 3.31. The number of hydrogen-bond acceptors (Lipinski definition) is 2. The van der Waals surface area contributed by atoms with Gasteiger partial charge in [-0.1, -0.05) is 27.7 Å². The van der Waals surface area contributed by atoms with E-state index in [1.165, 1.54) is 0 Å². The molecule has 2 atom stereocenters. The van der Waals surface area contributed by atoms with Gasteiger partial charge < -0.3 is 5.73 Å². The summed E-state index contributed by atoms with van der Waals surface area (Å²) in [5, 5.41) is 0. The molecule has 1 aliphatic carbocycles. The predicted molar refractivity (Wildman–Crippen MR) is 63.6 cm³/mol. The summed E-state index contributed by atoms with van der Waals surface area (Å²) >= 11 is 0. The zero-order valence-electron chi connectivity index (χ0n) is 10.6. The minimum absolute atomic E-state index is 0.164. The maximum absolute atomic E-state index is 11.8. The van der Waals surface area contributed by atoms with Crippen LogP contribution in [-0.2, 0) is 4.79 Å². The van der Waals surface area contributed by atoms with Crippen LogP contribution in [0.25, 0.3) is 0 Å². The molecular formula is C13H25NO. The van der Waals surface area contributed by atoms with E-state index in [4.69, 9.17) is 5.73 Å². The maximum atomic E-state index is 11.8. The van der Waals surface area contributed by atoms with Gasteiger partial charge in [-0.05, 0) is 36.6 Å². The Labute approximate surface area is 93.6 Å². The summed E-state index contributed by atoms with van der Waals surface area (Å²) in [5.74, 6) is 0.662. The van der Waals surface area contributed by atoms with Gasteiger partial charge in [0.25, 0.3) is 0 Å². The van der Waals surface area contributed by atoms with Gasteiger partial charge in [-0.3, -0.25) is 4.79 Å². The van der Waals surface area contributed by atoms with Crippen molar-refractivity contribution in [2.75, 3.05) is 6.54 Å². The third kappa shape index (κ3) is 3.04. The summed E-state index contributed by atoms with van der Waals surface area (Å²) in [5.41, 5.74) is 6.28. The molecule has 0 heterocycles. The van der Waals surface area contributed by atoms with Crippen LogP contribution in [0.4, 0.5) is 0 Å². The number of nitrogens with two attached hydrogens (primary N) is 1. The number of rotatable bonds is 3. The molecule has 1 aliphatic rings. The van der Waals surface area contributed by atoms with E-state index in [-0.39, 0.29) is 16.7 Å². The van der Waals surface area contributed by atoms with Crippen molar-refractivity contribution in [2.24, 2.45) is 22.5 Å². The average molecular weight is 211 g/mol. The lowest BCUT2D eigenvalue weighted by atomic mass is 9.60. The highest BCUT2D eigenvalue weighted by Gasteiger charge is 2.42. The van der Waals surface area contributed by atoms with E-state index in [1.54, 1.807) is 0 Å². The van der Waals surface area contributed by atoms with E-state index < -0.39 is 0 Å². The number of ketones is 1. The van der Waals surface area contributed by atoms with Crippen molar-refractivity contribution in [3.63, 3.8) is 0 Å². The van der Waals surface area contributed by atoms with Gasteiger partial charge in [0.1, 0.15) is 5.78 Å². The fourth-order valence-corrected chi connectivity index (χ4v) is 3.31. The van der Waals surface area contributed by atoms with Crippen molar-refractivity contribution in [1.29, 1.82) is 0 Å². The molecule has 88 valence electrons. The Morgan fingerprint density at radius 1 is 1.33 bits per heavy atom. The number of Topliss-reactive ketones (excluding diaryl/α,β-unsaturated/α-hetero) is 1. The minimum atomic E-state index is 0.164. The monoisotopic (exact) mass is 211 g/mol. The molecule has 0 amide bonds. The molecule has 1 rings (SSSR count). The molecule has 0 bridgehead atoms. The molecule has 0 radical (unpaired) electrons. The Morgan fingerprint density at radius 3 is 2.40 bits per heavy atom. The Morgan fingerprint density at radius 2 is 1.93 bits per heavy atom. The number of hydrogen-bond donors (Lipinski definition) is 1. The van der Waals surface area contributed by atoms with Crippen molar-refractivity contribution in [2.45, 2.75) is 53.4 Å². The Hall–Kier alpha value is -0.370. The van der Waals surface area contributed by atoms with Gasteiger partial charge in [0.15, 0.2) is 0 Å². The molecular weight excluding hydrogens is 186 g/mol.